The number of aliphatic carboxylic acids is 1. The third-order valence-electron chi connectivity index (χ3n) is 11.1. The van der Waals surface area contributed by atoms with Crippen molar-refractivity contribution < 1.29 is 49.1 Å². The minimum absolute atomic E-state index is 0.000790. The van der Waals surface area contributed by atoms with Crippen LogP contribution in [0, 0.1) is 34.0 Å². The highest BCUT2D eigenvalue weighted by Gasteiger charge is 2.68. The second kappa shape index (κ2) is 11.5. The third kappa shape index (κ3) is 5.55. The Labute approximate surface area is 246 Å². The fraction of sp³-hybridized carbons (Fsp3) is 0.774. The molecule has 0 bridgehead atoms. The lowest BCUT2D eigenvalue weighted by Gasteiger charge is -2.60. The maximum Gasteiger partial charge on any atom is 0.333 e. The first-order valence-electron chi connectivity index (χ1n) is 15.0. The molecule has 0 spiro atoms. The average molecular weight is 592 g/mol. The third-order valence-corrected chi connectivity index (χ3v) is 11.1. The number of ketones is 2. The quantitative estimate of drug-likeness (QED) is 0.234. The van der Waals surface area contributed by atoms with Gasteiger partial charge in [0.2, 0.25) is 11.7 Å². The van der Waals surface area contributed by atoms with Gasteiger partial charge in [0.15, 0.2) is 18.5 Å². The number of carbonyl (C=O) groups excluding carboxylic acids is 4. The van der Waals surface area contributed by atoms with Crippen molar-refractivity contribution in [2.75, 3.05) is 13.2 Å². The molecule has 42 heavy (non-hydrogen) atoms. The Balaban J connectivity index is 1.33. The van der Waals surface area contributed by atoms with Gasteiger partial charge in [-0.05, 0) is 67.8 Å². The summed E-state index contributed by atoms with van der Waals surface area (Å²) in [6.45, 7) is 6.19. The number of carbonyl (C=O) groups is 5. The maximum atomic E-state index is 13.4. The van der Waals surface area contributed by atoms with E-state index in [1.807, 2.05) is 6.92 Å². The summed E-state index contributed by atoms with van der Waals surface area (Å²) >= 11 is 0. The number of fused-ring (bicyclic) bond motifs is 5. The summed E-state index contributed by atoms with van der Waals surface area (Å²) in [5.41, 5.74) is -2.97. The number of amides is 1. The van der Waals surface area contributed by atoms with Gasteiger partial charge in [0.05, 0.1) is 12.5 Å². The summed E-state index contributed by atoms with van der Waals surface area (Å²) in [7, 11) is 0. The standard InChI is InChI=1S/C31H45NO10/c1-28(2,26(38)27(39)40)16-32-23(36)7-8-24(37)42-15-22(35)31(41)12-10-20-19-6-5-17-13-18(33)9-11-29(17,3)25(19)21(34)14-30(20,31)4/h13,19-21,25-26,34,38,41H,5-12,14-16H2,1-4H3,(H,32,36)(H,39,40)/t19-,20-,21-,25+,26+,29-,30-,31-/m0/s1. The monoisotopic (exact) mass is 591 g/mol. The van der Waals surface area contributed by atoms with Gasteiger partial charge in [-0.3, -0.25) is 19.2 Å². The maximum absolute atomic E-state index is 13.4. The Morgan fingerprint density at radius 3 is 2.48 bits per heavy atom. The number of allylic oxidation sites excluding steroid dienone is 1. The summed E-state index contributed by atoms with van der Waals surface area (Å²) in [6.07, 6.45) is 2.50. The molecule has 11 heteroatoms. The number of hydrogen-bond donors (Lipinski definition) is 5. The van der Waals surface area contributed by atoms with E-state index in [-0.39, 0.29) is 61.2 Å². The zero-order valence-corrected chi connectivity index (χ0v) is 25.0. The summed E-state index contributed by atoms with van der Waals surface area (Å²) in [4.78, 5) is 61.0. The molecular weight excluding hydrogens is 546 g/mol. The van der Waals surface area contributed by atoms with Gasteiger partial charge < -0.3 is 30.5 Å². The van der Waals surface area contributed by atoms with E-state index < -0.39 is 58.9 Å². The normalized spacial score (nSPS) is 36.5. The van der Waals surface area contributed by atoms with Crippen LogP contribution < -0.4 is 5.32 Å². The summed E-state index contributed by atoms with van der Waals surface area (Å²) in [5.74, 6) is -3.18. The van der Waals surface area contributed by atoms with Crippen molar-refractivity contribution in [3.8, 4) is 0 Å². The number of esters is 1. The first kappa shape index (κ1) is 32.3. The van der Waals surface area contributed by atoms with E-state index in [0.717, 1.165) is 18.4 Å². The largest absolute Gasteiger partial charge is 0.479 e. The fourth-order valence-corrected chi connectivity index (χ4v) is 8.55. The Kier molecular flexibility index (Phi) is 8.81. The molecule has 3 saturated carbocycles. The minimum Gasteiger partial charge on any atom is -0.479 e. The molecule has 3 fully saturated rings. The van der Waals surface area contributed by atoms with Crippen LogP contribution in [-0.2, 0) is 28.7 Å². The summed E-state index contributed by atoms with van der Waals surface area (Å²) in [5, 5.41) is 44.5. The Morgan fingerprint density at radius 2 is 1.81 bits per heavy atom. The fourth-order valence-electron chi connectivity index (χ4n) is 8.55. The number of ether oxygens (including phenoxy) is 1. The van der Waals surface area contributed by atoms with Crippen molar-refractivity contribution in [1.29, 1.82) is 0 Å². The molecule has 1 amide bonds. The van der Waals surface area contributed by atoms with Crippen molar-refractivity contribution >= 4 is 29.4 Å². The number of rotatable bonds is 10. The highest BCUT2D eigenvalue weighted by molar-refractivity contribution is 5.92. The summed E-state index contributed by atoms with van der Waals surface area (Å²) in [6, 6.07) is 0. The van der Waals surface area contributed by atoms with Gasteiger partial charge in [0, 0.05) is 30.2 Å². The Hall–Kier alpha value is -2.63. The van der Waals surface area contributed by atoms with Crippen molar-refractivity contribution in [1.82, 2.24) is 5.32 Å². The number of nitrogens with one attached hydrogen (secondary N) is 1. The number of hydrogen-bond acceptors (Lipinski definition) is 9. The molecular formula is C31H45NO10. The molecule has 0 heterocycles. The van der Waals surface area contributed by atoms with Crippen LogP contribution in [0.25, 0.3) is 0 Å². The molecule has 4 aliphatic rings. The Morgan fingerprint density at radius 1 is 1.12 bits per heavy atom. The van der Waals surface area contributed by atoms with Crippen LogP contribution >= 0.6 is 0 Å². The van der Waals surface area contributed by atoms with Crippen molar-refractivity contribution in [2.45, 2.75) is 103 Å². The summed E-state index contributed by atoms with van der Waals surface area (Å²) < 4.78 is 5.15. The van der Waals surface area contributed by atoms with Crippen molar-refractivity contribution in [2.24, 2.45) is 34.0 Å². The van der Waals surface area contributed by atoms with Crippen molar-refractivity contribution in [3.63, 3.8) is 0 Å². The van der Waals surface area contributed by atoms with Gasteiger partial charge >= 0.3 is 11.9 Å². The molecule has 5 N–H and O–H groups in total. The SMILES string of the molecule is CC(C)(CNC(=O)CCC(=O)OCC(=O)[C@@]1(O)CC[C@H]2[C@@H]3CCC4=CC(=O)CC[C@]4(C)[C@H]3[C@@H](O)C[C@@]21C)[C@H](O)C(=O)O. The van der Waals surface area contributed by atoms with Gasteiger partial charge in [0.1, 0.15) is 5.60 Å². The van der Waals surface area contributed by atoms with Gasteiger partial charge in [-0.25, -0.2) is 4.79 Å². The van der Waals surface area contributed by atoms with Crippen molar-refractivity contribution in [3.05, 3.63) is 11.6 Å². The minimum atomic E-state index is -1.77. The number of Topliss-reactive ketones (excluding diaryl/α,β-unsaturated/α-hetero) is 1. The smallest absolute Gasteiger partial charge is 0.333 e. The lowest BCUT2D eigenvalue weighted by molar-refractivity contribution is -0.184. The Bertz CT molecular complexity index is 1180. The van der Waals surface area contributed by atoms with Crippen LogP contribution in [0.4, 0.5) is 0 Å². The average Bonchev–Trinajstić information content (AvgIpc) is 3.19. The first-order chi connectivity index (χ1) is 19.5. The molecule has 0 unspecified atom stereocenters. The van der Waals surface area contributed by atoms with Crippen LogP contribution in [0.15, 0.2) is 11.6 Å². The van der Waals surface area contributed by atoms with Crippen LogP contribution in [0.1, 0.15) is 85.5 Å². The molecule has 11 nitrogen and oxygen atoms in total. The van der Waals surface area contributed by atoms with Crippen LogP contribution in [0.5, 0.6) is 0 Å². The molecule has 0 radical (unpaired) electrons. The number of aliphatic hydroxyl groups excluding tert-OH is 2. The predicted molar refractivity (Wildman–Crippen MR) is 149 cm³/mol. The molecule has 0 aromatic carbocycles. The molecule has 4 aliphatic carbocycles. The van der Waals surface area contributed by atoms with Crippen LogP contribution in [0.3, 0.4) is 0 Å². The van der Waals surface area contributed by atoms with E-state index in [1.54, 1.807) is 6.08 Å². The zero-order valence-electron chi connectivity index (χ0n) is 25.0. The second-order valence-electron chi connectivity index (χ2n) is 14.1. The molecule has 4 rings (SSSR count). The van der Waals surface area contributed by atoms with E-state index >= 15 is 0 Å². The highest BCUT2D eigenvalue weighted by Crippen LogP contribution is 2.67. The molecule has 0 aromatic rings. The molecule has 0 saturated heterocycles. The van der Waals surface area contributed by atoms with E-state index in [1.165, 1.54) is 13.8 Å². The predicted octanol–water partition coefficient (Wildman–Crippen LogP) is 1.70. The van der Waals surface area contributed by atoms with E-state index in [2.05, 4.69) is 12.2 Å². The van der Waals surface area contributed by atoms with E-state index in [4.69, 9.17) is 9.84 Å². The lowest BCUT2D eigenvalue weighted by Crippen LogP contribution is -2.62. The number of carboxylic acids is 1. The molecule has 0 aliphatic heterocycles. The number of carboxylic acid groups (broad SMARTS) is 1. The lowest BCUT2D eigenvalue weighted by atomic mass is 9.45. The zero-order chi connectivity index (χ0) is 31.3. The van der Waals surface area contributed by atoms with Crippen LogP contribution in [0.2, 0.25) is 0 Å². The van der Waals surface area contributed by atoms with Gasteiger partial charge in [-0.15, -0.1) is 0 Å². The van der Waals surface area contributed by atoms with E-state index in [9.17, 15) is 39.3 Å². The van der Waals surface area contributed by atoms with Gasteiger partial charge in [-0.2, -0.15) is 0 Å². The molecule has 0 aromatic heterocycles. The first-order valence-corrected chi connectivity index (χ1v) is 15.0. The van der Waals surface area contributed by atoms with E-state index in [0.29, 0.717) is 19.3 Å². The van der Waals surface area contributed by atoms with Gasteiger partial charge in [-0.1, -0.05) is 33.3 Å². The molecule has 234 valence electrons. The second-order valence-corrected chi connectivity index (χ2v) is 14.1. The van der Waals surface area contributed by atoms with Crippen LogP contribution in [-0.4, -0.2) is 80.8 Å². The highest BCUT2D eigenvalue weighted by atomic mass is 16.5. The molecule has 8 atom stereocenters. The number of aliphatic hydroxyl groups is 3. The topological polar surface area (TPSA) is 188 Å². The van der Waals surface area contributed by atoms with Gasteiger partial charge in [0.25, 0.3) is 0 Å².